The minimum absolute atomic E-state index is 0.0445. The minimum atomic E-state index is -4.83. The van der Waals surface area contributed by atoms with Crippen LogP contribution in [0.25, 0.3) is 11.1 Å². The van der Waals surface area contributed by atoms with E-state index in [1.807, 2.05) is 4.90 Å². The lowest BCUT2D eigenvalue weighted by Gasteiger charge is -2.31. The largest absolute Gasteiger partial charge is 0.481 e. The van der Waals surface area contributed by atoms with Crippen LogP contribution in [-0.4, -0.2) is 46.1 Å². The van der Waals surface area contributed by atoms with E-state index in [9.17, 15) is 41.4 Å². The monoisotopic (exact) mass is 693 g/mol. The molecule has 0 unspecified atom stereocenters. The Morgan fingerprint density at radius 3 is 2.14 bits per heavy atom. The van der Waals surface area contributed by atoms with Crippen LogP contribution in [0, 0.1) is 25.6 Å². The number of nitrogens with one attached hydrogen (secondary N) is 1. The lowest BCUT2D eigenvalue weighted by molar-refractivity contribution is -0.139. The van der Waals surface area contributed by atoms with E-state index in [1.165, 1.54) is 6.07 Å². The Morgan fingerprint density at radius 2 is 1.63 bits per heavy atom. The molecule has 1 aliphatic heterocycles. The average Bonchev–Trinajstić information content (AvgIpc) is 2.94. The van der Waals surface area contributed by atoms with Gasteiger partial charge in [-0.2, -0.15) is 13.2 Å². The summed E-state index contributed by atoms with van der Waals surface area (Å²) < 4.78 is 88.6. The number of pyridine rings is 1. The zero-order valence-electron chi connectivity index (χ0n) is 28.1. The summed E-state index contributed by atoms with van der Waals surface area (Å²) in [4.78, 5) is 41.2. The van der Waals surface area contributed by atoms with Crippen LogP contribution in [-0.2, 0) is 28.1 Å². The van der Waals surface area contributed by atoms with Gasteiger partial charge in [0.1, 0.15) is 11.9 Å². The molecule has 0 saturated carbocycles. The highest BCUT2D eigenvalue weighted by atomic mass is 19.4. The zero-order chi connectivity index (χ0) is 36.4. The Hall–Kier alpha value is -4.13. The Labute approximate surface area is 280 Å². The molecule has 0 aliphatic carbocycles. The number of aromatic nitrogens is 1. The molecule has 266 valence electrons. The molecule has 2 heterocycles. The third-order valence-corrected chi connectivity index (χ3v) is 8.86. The van der Waals surface area contributed by atoms with Crippen LogP contribution in [0.5, 0.6) is 0 Å². The van der Waals surface area contributed by atoms with Crippen molar-refractivity contribution in [2.45, 2.75) is 84.5 Å². The molecule has 1 aromatic heterocycles. The second kappa shape index (κ2) is 14.8. The van der Waals surface area contributed by atoms with Crippen molar-refractivity contribution >= 4 is 11.9 Å². The van der Waals surface area contributed by atoms with E-state index in [4.69, 9.17) is 0 Å². The van der Waals surface area contributed by atoms with Crippen molar-refractivity contribution in [1.82, 2.24) is 14.8 Å². The maximum Gasteiger partial charge on any atom is 0.416 e. The van der Waals surface area contributed by atoms with Gasteiger partial charge in [0.05, 0.1) is 23.6 Å². The van der Waals surface area contributed by atoms with Crippen molar-refractivity contribution in [3.8, 4) is 11.1 Å². The molecule has 1 amide bonds. The van der Waals surface area contributed by atoms with Gasteiger partial charge < -0.3 is 19.9 Å². The van der Waals surface area contributed by atoms with Crippen molar-refractivity contribution in [1.29, 1.82) is 0 Å². The third kappa shape index (κ3) is 8.92. The molecular formula is C36H41F6N3O4. The first kappa shape index (κ1) is 37.7. The van der Waals surface area contributed by atoms with Crippen molar-refractivity contribution in [3.05, 3.63) is 92.1 Å². The van der Waals surface area contributed by atoms with Gasteiger partial charge in [0.2, 0.25) is 5.91 Å². The highest BCUT2D eigenvalue weighted by Crippen LogP contribution is 2.39. The maximum atomic E-state index is 16.0. The Bertz CT molecular complexity index is 1740. The topological polar surface area (TPSA) is 91.6 Å². The second-order valence-corrected chi connectivity index (χ2v) is 13.3. The van der Waals surface area contributed by atoms with Gasteiger partial charge in [-0.3, -0.25) is 14.4 Å². The molecule has 0 bridgehead atoms. The number of carboxylic acids is 1. The fraction of sp³-hybridized carbons (Fsp3) is 0.472. The maximum absolute atomic E-state index is 16.0. The molecule has 2 aromatic carbocycles. The molecule has 3 aromatic rings. The smallest absolute Gasteiger partial charge is 0.416 e. The van der Waals surface area contributed by atoms with Crippen LogP contribution in [0.1, 0.15) is 85.5 Å². The van der Waals surface area contributed by atoms with Gasteiger partial charge in [-0.1, -0.05) is 32.0 Å². The predicted molar refractivity (Wildman–Crippen MR) is 173 cm³/mol. The molecule has 13 heteroatoms. The van der Waals surface area contributed by atoms with Crippen molar-refractivity contribution in [2.75, 3.05) is 19.6 Å². The van der Waals surface area contributed by atoms with E-state index >= 15 is 4.39 Å². The summed E-state index contributed by atoms with van der Waals surface area (Å²) >= 11 is 0. The van der Waals surface area contributed by atoms with Crippen LogP contribution >= 0.6 is 0 Å². The van der Waals surface area contributed by atoms with E-state index in [2.05, 4.69) is 5.32 Å². The number of hydrogen-bond acceptors (Lipinski definition) is 4. The standard InChI is InChI=1S/C36H41F6N3O4/c1-20(2)14-29(45-19-23(10-13-44-11-7-12-44)26(17-30(45)46)36(40,41)42)34(49)43-28(18-31(47)48)25-15-24(16-27(33(25)37)35(5,38)39)32-21(3)8-6-9-22(32)4/h6,8-9,15-17,19-20,28-29H,7,10-14,18H2,1-5H3,(H,43,49)(H,47,48)/t28-,29-/m0/s1. The number of halogens is 6. The summed E-state index contributed by atoms with van der Waals surface area (Å²) in [5.41, 5.74) is -1.85. The number of likely N-dealkylation sites (tertiary alicyclic amines) is 1. The summed E-state index contributed by atoms with van der Waals surface area (Å²) in [7, 11) is 0. The first-order valence-corrected chi connectivity index (χ1v) is 16.1. The van der Waals surface area contributed by atoms with Crippen LogP contribution in [0.4, 0.5) is 26.3 Å². The van der Waals surface area contributed by atoms with Gasteiger partial charge >= 0.3 is 12.1 Å². The van der Waals surface area contributed by atoms with Crippen LogP contribution in [0.3, 0.4) is 0 Å². The van der Waals surface area contributed by atoms with Gasteiger partial charge in [0.25, 0.3) is 11.5 Å². The first-order chi connectivity index (χ1) is 22.8. The molecule has 1 fully saturated rings. The summed E-state index contributed by atoms with van der Waals surface area (Å²) in [6.07, 6.45) is -3.90. The quantitative estimate of drug-likeness (QED) is 0.180. The highest BCUT2D eigenvalue weighted by molar-refractivity contribution is 5.82. The van der Waals surface area contributed by atoms with E-state index in [0.717, 1.165) is 36.3 Å². The van der Waals surface area contributed by atoms with Crippen molar-refractivity contribution in [2.24, 2.45) is 5.92 Å². The molecule has 2 N–H and O–H groups in total. The fourth-order valence-electron chi connectivity index (χ4n) is 6.29. The van der Waals surface area contributed by atoms with Gasteiger partial charge in [0.15, 0.2) is 0 Å². The first-order valence-electron chi connectivity index (χ1n) is 16.1. The van der Waals surface area contributed by atoms with E-state index in [-0.39, 0.29) is 29.9 Å². The summed E-state index contributed by atoms with van der Waals surface area (Å²) in [6, 6.07) is 4.80. The molecule has 7 nitrogen and oxygen atoms in total. The lowest BCUT2D eigenvalue weighted by atomic mass is 9.89. The SMILES string of the molecule is Cc1cccc(C)c1-c1cc([C@H](CC(=O)O)NC(=O)[C@H](CC(C)C)n2cc(CCN3CCC3)c(C(F)(F)F)cc2=O)c(F)c(C(C)(F)F)c1. The van der Waals surface area contributed by atoms with Gasteiger partial charge in [-0.15, -0.1) is 0 Å². The van der Waals surface area contributed by atoms with Crippen molar-refractivity contribution in [3.63, 3.8) is 0 Å². The Balaban J connectivity index is 1.83. The second-order valence-electron chi connectivity index (χ2n) is 13.3. The number of alkyl halides is 5. The van der Waals surface area contributed by atoms with Crippen LogP contribution in [0.2, 0.25) is 0 Å². The van der Waals surface area contributed by atoms with Crippen molar-refractivity contribution < 1.29 is 41.0 Å². The summed E-state index contributed by atoms with van der Waals surface area (Å²) in [5.74, 6) is -7.83. The number of amides is 1. The average molecular weight is 694 g/mol. The molecule has 1 aliphatic rings. The minimum Gasteiger partial charge on any atom is -0.481 e. The number of benzene rings is 2. The Morgan fingerprint density at radius 1 is 1.00 bits per heavy atom. The molecule has 1 saturated heterocycles. The van der Waals surface area contributed by atoms with Crippen LogP contribution in [0.15, 0.2) is 47.4 Å². The molecule has 2 atom stereocenters. The highest BCUT2D eigenvalue weighted by Gasteiger charge is 2.37. The van der Waals surface area contributed by atoms with Gasteiger partial charge in [0, 0.05) is 31.3 Å². The number of carboxylic acid groups (broad SMARTS) is 1. The molecule has 0 spiro atoms. The fourth-order valence-corrected chi connectivity index (χ4v) is 6.29. The van der Waals surface area contributed by atoms with Gasteiger partial charge in [-0.05, 0) is 92.1 Å². The Kier molecular flexibility index (Phi) is 11.4. The molecular weight excluding hydrogens is 652 g/mol. The lowest BCUT2D eigenvalue weighted by Crippen LogP contribution is -2.41. The molecule has 4 rings (SSSR count). The zero-order valence-corrected chi connectivity index (χ0v) is 28.1. The summed E-state index contributed by atoms with van der Waals surface area (Å²) in [6.45, 7) is 9.20. The van der Waals surface area contributed by atoms with Gasteiger partial charge in [-0.25, -0.2) is 13.2 Å². The number of aryl methyl sites for hydroxylation is 2. The summed E-state index contributed by atoms with van der Waals surface area (Å²) in [5, 5.41) is 12.2. The number of hydrogen-bond donors (Lipinski definition) is 2. The number of carbonyl (C=O) groups is 2. The predicted octanol–water partition coefficient (Wildman–Crippen LogP) is 7.57. The molecule has 0 radical (unpaired) electrons. The normalized spacial score (nSPS) is 15.2. The van der Waals surface area contributed by atoms with E-state index in [0.29, 0.717) is 36.2 Å². The van der Waals surface area contributed by atoms with E-state index in [1.54, 1.807) is 45.9 Å². The third-order valence-electron chi connectivity index (χ3n) is 8.86. The van der Waals surface area contributed by atoms with E-state index < -0.39 is 70.5 Å². The number of rotatable bonds is 13. The number of carbonyl (C=O) groups excluding carboxylic acids is 1. The number of aliphatic carboxylic acids is 1. The molecule has 49 heavy (non-hydrogen) atoms. The number of nitrogens with zero attached hydrogens (tertiary/aromatic N) is 2. The van der Waals surface area contributed by atoms with Crippen LogP contribution < -0.4 is 10.9 Å².